The second-order valence-electron chi connectivity index (χ2n) is 2.59. The van der Waals surface area contributed by atoms with Gasteiger partial charge in [-0.3, -0.25) is 0 Å². The molecule has 2 N–H and O–H groups in total. The number of hydrogen-bond donors (Lipinski definition) is 2. The summed E-state index contributed by atoms with van der Waals surface area (Å²) in [5.74, 6) is -0.310. The van der Waals surface area contributed by atoms with Crippen molar-refractivity contribution in [1.29, 1.82) is 0 Å². The number of hydrogen-bond acceptors (Lipinski definition) is 2. The van der Waals surface area contributed by atoms with Crippen LogP contribution in [-0.2, 0) is 6.42 Å². The summed E-state index contributed by atoms with van der Waals surface area (Å²) in [5.41, 5.74) is 0.381. The normalized spacial score (nSPS) is 10.2. The van der Waals surface area contributed by atoms with Crippen LogP contribution in [-0.4, -0.2) is 18.7 Å². The number of aromatic hydroxyl groups is 1. The number of phenolic OH excluding ortho intramolecular Hbond substituents is 1. The highest BCUT2D eigenvalue weighted by Crippen LogP contribution is 2.19. The molecule has 0 aliphatic rings. The second kappa shape index (κ2) is 4.07. The highest BCUT2D eigenvalue weighted by molar-refractivity contribution is 5.33. The monoisotopic (exact) mass is 169 g/mol. The van der Waals surface area contributed by atoms with Crippen LogP contribution in [0.5, 0.6) is 5.75 Å². The van der Waals surface area contributed by atoms with Crippen molar-refractivity contribution in [3.05, 3.63) is 29.6 Å². The van der Waals surface area contributed by atoms with Crippen molar-refractivity contribution in [3.8, 4) is 5.75 Å². The topological polar surface area (TPSA) is 32.3 Å². The van der Waals surface area contributed by atoms with Crippen LogP contribution in [0.15, 0.2) is 18.2 Å². The van der Waals surface area contributed by atoms with E-state index in [0.29, 0.717) is 18.5 Å². The van der Waals surface area contributed by atoms with Gasteiger partial charge in [-0.15, -0.1) is 0 Å². The maximum absolute atomic E-state index is 13.0. The Kier molecular flexibility index (Phi) is 3.05. The smallest absolute Gasteiger partial charge is 0.130 e. The molecule has 0 heterocycles. The third-order valence-corrected chi connectivity index (χ3v) is 1.72. The van der Waals surface area contributed by atoms with Gasteiger partial charge in [-0.1, -0.05) is 6.07 Å². The molecule has 0 saturated carbocycles. The molecular weight excluding hydrogens is 157 g/mol. The molecule has 3 heteroatoms. The summed E-state index contributed by atoms with van der Waals surface area (Å²) in [4.78, 5) is 0. The Hall–Kier alpha value is -1.09. The van der Waals surface area contributed by atoms with Crippen LogP contribution in [0.4, 0.5) is 4.39 Å². The molecule has 0 fully saturated rings. The first-order chi connectivity index (χ1) is 5.75. The highest BCUT2D eigenvalue weighted by atomic mass is 19.1. The number of rotatable bonds is 3. The van der Waals surface area contributed by atoms with Crippen molar-refractivity contribution in [2.24, 2.45) is 0 Å². The fourth-order valence-corrected chi connectivity index (χ4v) is 1.04. The average Bonchev–Trinajstić information content (AvgIpc) is 2.04. The Bertz CT molecular complexity index is 242. The minimum Gasteiger partial charge on any atom is -0.508 e. The van der Waals surface area contributed by atoms with Crippen molar-refractivity contribution in [1.82, 2.24) is 5.32 Å². The average molecular weight is 169 g/mol. The van der Waals surface area contributed by atoms with Crippen molar-refractivity contribution in [2.75, 3.05) is 13.6 Å². The number of phenols is 1. The lowest BCUT2D eigenvalue weighted by molar-refractivity contribution is 0.457. The van der Waals surface area contributed by atoms with Crippen LogP contribution in [0.2, 0.25) is 0 Å². The van der Waals surface area contributed by atoms with Crippen LogP contribution >= 0.6 is 0 Å². The number of halogens is 1. The van der Waals surface area contributed by atoms with Crippen LogP contribution in [0.25, 0.3) is 0 Å². The third kappa shape index (κ3) is 1.95. The SMILES string of the molecule is CNCCc1c(O)cccc1F. The van der Waals surface area contributed by atoms with E-state index in [1.807, 2.05) is 0 Å². The molecule has 12 heavy (non-hydrogen) atoms. The molecule has 0 saturated heterocycles. The van der Waals surface area contributed by atoms with E-state index >= 15 is 0 Å². The zero-order valence-corrected chi connectivity index (χ0v) is 6.97. The van der Waals surface area contributed by atoms with E-state index in [1.165, 1.54) is 18.2 Å². The molecule has 2 nitrogen and oxygen atoms in total. The quantitative estimate of drug-likeness (QED) is 0.714. The van der Waals surface area contributed by atoms with E-state index in [4.69, 9.17) is 0 Å². The van der Waals surface area contributed by atoms with Crippen LogP contribution < -0.4 is 5.32 Å². The summed E-state index contributed by atoms with van der Waals surface area (Å²) in [6, 6.07) is 4.34. The fourth-order valence-electron chi connectivity index (χ4n) is 1.04. The standard InChI is InChI=1S/C9H12FNO/c1-11-6-5-7-8(10)3-2-4-9(7)12/h2-4,11-12H,5-6H2,1H3. The second-order valence-corrected chi connectivity index (χ2v) is 2.59. The van der Waals surface area contributed by atoms with Gasteiger partial charge in [-0.05, 0) is 32.1 Å². The van der Waals surface area contributed by atoms with Gasteiger partial charge in [0, 0.05) is 5.56 Å². The molecule has 1 aromatic carbocycles. The number of benzene rings is 1. The predicted octanol–water partition coefficient (Wildman–Crippen LogP) is 1.29. The van der Waals surface area contributed by atoms with Crippen LogP contribution in [0, 0.1) is 5.82 Å². The molecule has 0 atom stereocenters. The Balaban J connectivity index is 2.81. The van der Waals surface area contributed by atoms with Gasteiger partial charge in [0.1, 0.15) is 11.6 Å². The third-order valence-electron chi connectivity index (χ3n) is 1.72. The molecule has 1 aromatic rings. The predicted molar refractivity (Wildman–Crippen MR) is 45.7 cm³/mol. The van der Waals surface area contributed by atoms with E-state index < -0.39 is 0 Å². The van der Waals surface area contributed by atoms with Gasteiger partial charge in [0.2, 0.25) is 0 Å². The Labute approximate surface area is 71.0 Å². The lowest BCUT2D eigenvalue weighted by Crippen LogP contribution is -2.11. The first-order valence-corrected chi connectivity index (χ1v) is 3.86. The van der Waals surface area contributed by atoms with E-state index in [1.54, 1.807) is 7.05 Å². The fraction of sp³-hybridized carbons (Fsp3) is 0.333. The highest BCUT2D eigenvalue weighted by Gasteiger charge is 2.05. The molecule has 0 radical (unpaired) electrons. The lowest BCUT2D eigenvalue weighted by atomic mass is 10.1. The zero-order chi connectivity index (χ0) is 8.97. The summed E-state index contributed by atoms with van der Waals surface area (Å²) in [7, 11) is 1.79. The molecular formula is C9H12FNO. The molecule has 1 rings (SSSR count). The summed E-state index contributed by atoms with van der Waals surface area (Å²) < 4.78 is 13.0. The van der Waals surface area contributed by atoms with Gasteiger partial charge in [-0.25, -0.2) is 4.39 Å². The van der Waals surface area contributed by atoms with Crippen molar-refractivity contribution >= 4 is 0 Å². The summed E-state index contributed by atoms with van der Waals surface area (Å²) in [6.45, 7) is 0.661. The maximum atomic E-state index is 13.0. The van der Waals surface area contributed by atoms with Crippen LogP contribution in [0.1, 0.15) is 5.56 Å². The lowest BCUT2D eigenvalue weighted by Gasteiger charge is -2.04. The Morgan fingerprint density at radius 1 is 1.50 bits per heavy atom. The largest absolute Gasteiger partial charge is 0.508 e. The molecule has 66 valence electrons. The minimum atomic E-state index is -0.342. The summed E-state index contributed by atoms with van der Waals surface area (Å²) >= 11 is 0. The molecule has 0 aliphatic heterocycles. The van der Waals surface area contributed by atoms with Gasteiger partial charge in [0.15, 0.2) is 0 Å². The first-order valence-electron chi connectivity index (χ1n) is 3.86. The molecule has 0 amide bonds. The van der Waals surface area contributed by atoms with Gasteiger partial charge < -0.3 is 10.4 Å². The van der Waals surface area contributed by atoms with E-state index in [0.717, 1.165) is 0 Å². The van der Waals surface area contributed by atoms with Gasteiger partial charge >= 0.3 is 0 Å². The molecule has 0 bridgehead atoms. The van der Waals surface area contributed by atoms with Crippen molar-refractivity contribution < 1.29 is 9.50 Å². The van der Waals surface area contributed by atoms with Crippen molar-refractivity contribution in [3.63, 3.8) is 0 Å². The molecule has 0 aromatic heterocycles. The van der Waals surface area contributed by atoms with E-state index in [9.17, 15) is 9.50 Å². The summed E-state index contributed by atoms with van der Waals surface area (Å²) in [6.07, 6.45) is 0.509. The van der Waals surface area contributed by atoms with Gasteiger partial charge in [-0.2, -0.15) is 0 Å². The van der Waals surface area contributed by atoms with Gasteiger partial charge in [0.25, 0.3) is 0 Å². The maximum Gasteiger partial charge on any atom is 0.130 e. The zero-order valence-electron chi connectivity index (χ0n) is 6.97. The van der Waals surface area contributed by atoms with Gasteiger partial charge in [0.05, 0.1) is 0 Å². The Morgan fingerprint density at radius 2 is 2.25 bits per heavy atom. The number of nitrogens with one attached hydrogen (secondary N) is 1. The molecule has 0 unspecified atom stereocenters. The molecule has 0 spiro atoms. The van der Waals surface area contributed by atoms with E-state index in [-0.39, 0.29) is 11.6 Å². The molecule has 0 aliphatic carbocycles. The van der Waals surface area contributed by atoms with Crippen LogP contribution in [0.3, 0.4) is 0 Å². The van der Waals surface area contributed by atoms with Crippen molar-refractivity contribution in [2.45, 2.75) is 6.42 Å². The first kappa shape index (κ1) is 9.00. The number of likely N-dealkylation sites (N-methyl/N-ethyl adjacent to an activating group) is 1. The minimum absolute atomic E-state index is 0.0326. The Morgan fingerprint density at radius 3 is 2.83 bits per heavy atom. The van der Waals surface area contributed by atoms with E-state index in [2.05, 4.69) is 5.32 Å². The summed E-state index contributed by atoms with van der Waals surface area (Å²) in [5, 5.41) is 12.1.